The molecule has 1 aromatic rings. The van der Waals surface area contributed by atoms with Gasteiger partial charge < -0.3 is 4.74 Å². The maximum Gasteiger partial charge on any atom is 0.338 e. The van der Waals surface area contributed by atoms with E-state index in [0.29, 0.717) is 11.1 Å². The van der Waals surface area contributed by atoms with E-state index in [2.05, 4.69) is 36.6 Å². The molecule has 0 radical (unpaired) electrons. The fraction of sp³-hybridized carbons (Fsp3) is 0.222. The maximum absolute atomic E-state index is 12.9. The highest BCUT2D eigenvalue weighted by molar-refractivity contribution is 9.24. The summed E-state index contributed by atoms with van der Waals surface area (Å²) < 4.78 is 17.2. The summed E-state index contributed by atoms with van der Waals surface area (Å²) in [6.45, 7) is 0. The molecule has 0 aliphatic carbocycles. The van der Waals surface area contributed by atoms with Crippen molar-refractivity contribution < 1.29 is 13.9 Å². The molecular formula is C9H7Br2FO2. The first-order valence-corrected chi connectivity index (χ1v) is 5.55. The predicted octanol–water partition coefficient (Wildman–Crippen LogP) is 3.40. The van der Waals surface area contributed by atoms with E-state index in [9.17, 15) is 9.18 Å². The lowest BCUT2D eigenvalue weighted by Crippen LogP contribution is -2.05. The summed E-state index contributed by atoms with van der Waals surface area (Å²) in [5.41, 5.74) is 0.851. The molecule has 1 rings (SSSR count). The van der Waals surface area contributed by atoms with Gasteiger partial charge in [0.1, 0.15) is 5.82 Å². The van der Waals surface area contributed by atoms with Crippen molar-refractivity contribution in [3.63, 3.8) is 0 Å². The molecule has 0 aliphatic rings. The van der Waals surface area contributed by atoms with Gasteiger partial charge in [-0.2, -0.15) is 0 Å². The van der Waals surface area contributed by atoms with E-state index in [4.69, 9.17) is 0 Å². The van der Waals surface area contributed by atoms with Crippen LogP contribution in [-0.4, -0.2) is 13.1 Å². The van der Waals surface area contributed by atoms with Crippen molar-refractivity contribution in [1.29, 1.82) is 0 Å². The van der Waals surface area contributed by atoms with Crippen LogP contribution in [0.4, 0.5) is 4.39 Å². The second-order valence-electron chi connectivity index (χ2n) is 2.52. The molecule has 0 bridgehead atoms. The van der Waals surface area contributed by atoms with E-state index < -0.39 is 11.8 Å². The maximum atomic E-state index is 12.9. The molecular weight excluding hydrogens is 319 g/mol. The summed E-state index contributed by atoms with van der Waals surface area (Å²) in [7, 11) is 1.28. The van der Waals surface area contributed by atoms with Crippen molar-refractivity contribution in [3.8, 4) is 0 Å². The Morgan fingerprint density at radius 1 is 1.50 bits per heavy atom. The summed E-state index contributed by atoms with van der Waals surface area (Å²) in [5.74, 6) is -0.875. The van der Waals surface area contributed by atoms with Crippen LogP contribution in [-0.2, 0) is 4.74 Å². The second kappa shape index (κ2) is 4.89. The van der Waals surface area contributed by atoms with Crippen molar-refractivity contribution in [2.24, 2.45) is 0 Å². The highest BCUT2D eigenvalue weighted by Gasteiger charge is 2.16. The number of rotatable bonds is 2. The quantitative estimate of drug-likeness (QED) is 0.615. The topological polar surface area (TPSA) is 26.3 Å². The number of hydrogen-bond acceptors (Lipinski definition) is 2. The van der Waals surface area contributed by atoms with Gasteiger partial charge in [-0.1, -0.05) is 31.9 Å². The van der Waals surface area contributed by atoms with Gasteiger partial charge in [0.05, 0.1) is 16.4 Å². The molecule has 0 unspecified atom stereocenters. The van der Waals surface area contributed by atoms with Crippen molar-refractivity contribution in [3.05, 3.63) is 35.1 Å². The summed E-state index contributed by atoms with van der Waals surface area (Å²) in [5, 5.41) is 0. The van der Waals surface area contributed by atoms with Crippen LogP contribution >= 0.6 is 31.9 Å². The van der Waals surface area contributed by atoms with E-state index in [1.54, 1.807) is 0 Å². The minimum Gasteiger partial charge on any atom is -0.465 e. The molecule has 0 fully saturated rings. The summed E-state index contributed by atoms with van der Waals surface area (Å²) in [6, 6.07) is 3.89. The number of carbonyl (C=O) groups is 1. The van der Waals surface area contributed by atoms with Crippen molar-refractivity contribution >= 4 is 37.8 Å². The normalized spacial score (nSPS) is 10.4. The first kappa shape index (κ1) is 11.7. The fourth-order valence-corrected chi connectivity index (χ4v) is 1.77. The SMILES string of the molecule is COC(=O)c1ccc(F)cc1C(Br)Br. The number of hydrogen-bond donors (Lipinski definition) is 0. The van der Waals surface area contributed by atoms with Gasteiger partial charge in [-0.25, -0.2) is 9.18 Å². The van der Waals surface area contributed by atoms with Crippen LogP contribution in [0.15, 0.2) is 18.2 Å². The number of alkyl halides is 2. The molecule has 0 saturated heterocycles. The Hall–Kier alpha value is -0.420. The van der Waals surface area contributed by atoms with E-state index in [-0.39, 0.29) is 3.74 Å². The first-order valence-electron chi connectivity index (χ1n) is 3.72. The van der Waals surface area contributed by atoms with Gasteiger partial charge in [0, 0.05) is 0 Å². The zero-order chi connectivity index (χ0) is 10.7. The molecule has 0 N–H and O–H groups in total. The Morgan fingerprint density at radius 2 is 2.14 bits per heavy atom. The van der Waals surface area contributed by atoms with Crippen molar-refractivity contribution in [2.45, 2.75) is 3.74 Å². The van der Waals surface area contributed by atoms with Gasteiger partial charge in [-0.05, 0) is 23.8 Å². The number of benzene rings is 1. The monoisotopic (exact) mass is 324 g/mol. The van der Waals surface area contributed by atoms with Crippen molar-refractivity contribution in [2.75, 3.05) is 7.11 Å². The molecule has 0 saturated carbocycles. The predicted molar refractivity (Wildman–Crippen MR) is 58.3 cm³/mol. The zero-order valence-corrected chi connectivity index (χ0v) is 10.4. The molecule has 76 valence electrons. The van der Waals surface area contributed by atoms with Gasteiger partial charge >= 0.3 is 5.97 Å². The Labute approximate surface area is 97.7 Å². The summed E-state index contributed by atoms with van der Waals surface area (Å²) >= 11 is 6.41. The highest BCUT2D eigenvalue weighted by Crippen LogP contribution is 2.32. The van der Waals surface area contributed by atoms with Crippen LogP contribution < -0.4 is 0 Å². The average Bonchev–Trinajstić information content (AvgIpc) is 2.16. The third-order valence-electron chi connectivity index (χ3n) is 1.65. The van der Waals surface area contributed by atoms with E-state index in [0.717, 1.165) is 0 Å². The molecule has 0 heterocycles. The minimum absolute atomic E-state index is 0.278. The number of carbonyl (C=O) groups excluding carboxylic acids is 1. The Kier molecular flexibility index (Phi) is 4.07. The first-order chi connectivity index (χ1) is 6.56. The lowest BCUT2D eigenvalue weighted by Gasteiger charge is -2.08. The average molecular weight is 326 g/mol. The van der Waals surface area contributed by atoms with Crippen molar-refractivity contribution in [1.82, 2.24) is 0 Å². The van der Waals surface area contributed by atoms with Crippen LogP contribution in [0.5, 0.6) is 0 Å². The van der Waals surface area contributed by atoms with Crippen LogP contribution in [0, 0.1) is 5.82 Å². The van der Waals surface area contributed by atoms with Crippen LogP contribution in [0.2, 0.25) is 0 Å². The largest absolute Gasteiger partial charge is 0.465 e. The van der Waals surface area contributed by atoms with Crippen LogP contribution in [0.3, 0.4) is 0 Å². The standard InChI is InChI=1S/C9H7Br2FO2/c1-14-9(13)6-3-2-5(12)4-7(6)8(10)11/h2-4,8H,1H3. The smallest absolute Gasteiger partial charge is 0.338 e. The molecule has 0 atom stereocenters. The van der Waals surface area contributed by atoms with Gasteiger partial charge in [0.25, 0.3) is 0 Å². The summed E-state index contributed by atoms with van der Waals surface area (Å²) in [4.78, 5) is 11.3. The molecule has 14 heavy (non-hydrogen) atoms. The van der Waals surface area contributed by atoms with E-state index in [1.165, 1.54) is 25.3 Å². The van der Waals surface area contributed by atoms with E-state index >= 15 is 0 Å². The number of ether oxygens (including phenoxy) is 1. The molecule has 1 aromatic carbocycles. The van der Waals surface area contributed by atoms with Gasteiger partial charge in [0.2, 0.25) is 0 Å². The number of esters is 1. The lowest BCUT2D eigenvalue weighted by atomic mass is 10.1. The molecule has 0 spiro atoms. The van der Waals surface area contributed by atoms with Gasteiger partial charge in [-0.3, -0.25) is 0 Å². The fourth-order valence-electron chi connectivity index (χ4n) is 1.01. The second-order valence-corrected chi connectivity index (χ2v) is 5.58. The van der Waals surface area contributed by atoms with Gasteiger partial charge in [0.15, 0.2) is 0 Å². The molecule has 0 aliphatic heterocycles. The van der Waals surface area contributed by atoms with Gasteiger partial charge in [-0.15, -0.1) is 0 Å². The third-order valence-corrected chi connectivity index (χ3v) is 2.64. The minimum atomic E-state index is -0.483. The molecule has 5 heteroatoms. The molecule has 2 nitrogen and oxygen atoms in total. The third kappa shape index (κ3) is 2.54. The van der Waals surface area contributed by atoms with E-state index in [1.807, 2.05) is 0 Å². The summed E-state index contributed by atoms with van der Waals surface area (Å²) in [6.07, 6.45) is 0. The Morgan fingerprint density at radius 3 is 2.64 bits per heavy atom. The number of methoxy groups -OCH3 is 1. The number of halogens is 3. The molecule has 0 aromatic heterocycles. The Bertz CT molecular complexity index is 353. The lowest BCUT2D eigenvalue weighted by molar-refractivity contribution is 0.0600. The Balaban J connectivity index is 3.21. The highest BCUT2D eigenvalue weighted by atomic mass is 79.9. The molecule has 0 amide bonds. The van der Waals surface area contributed by atoms with Crippen LogP contribution in [0.25, 0.3) is 0 Å². The van der Waals surface area contributed by atoms with Crippen LogP contribution in [0.1, 0.15) is 19.7 Å². The zero-order valence-electron chi connectivity index (χ0n) is 7.26.